The summed E-state index contributed by atoms with van der Waals surface area (Å²) in [7, 11) is 0. The van der Waals surface area contributed by atoms with Crippen LogP contribution in [-0.2, 0) is 4.74 Å². The van der Waals surface area contributed by atoms with Crippen LogP contribution in [0.2, 0.25) is 0 Å². The minimum absolute atomic E-state index is 0.0420. The largest absolute Gasteiger partial charge is 0.374 e. The van der Waals surface area contributed by atoms with Crippen molar-refractivity contribution in [1.29, 1.82) is 0 Å². The van der Waals surface area contributed by atoms with Crippen LogP contribution in [-0.4, -0.2) is 25.3 Å². The summed E-state index contributed by atoms with van der Waals surface area (Å²) < 4.78 is 19.0. The van der Waals surface area contributed by atoms with Crippen LogP contribution in [0.3, 0.4) is 0 Å². The van der Waals surface area contributed by atoms with Crippen molar-refractivity contribution in [2.24, 2.45) is 5.73 Å². The van der Waals surface area contributed by atoms with Crippen LogP contribution in [0.15, 0.2) is 18.2 Å². The fourth-order valence-corrected chi connectivity index (χ4v) is 2.54. The van der Waals surface area contributed by atoms with E-state index in [1.165, 1.54) is 6.07 Å². The summed E-state index contributed by atoms with van der Waals surface area (Å²) in [5.74, 6) is -0.175. The Bertz CT molecular complexity index is 430. The van der Waals surface area contributed by atoms with E-state index < -0.39 is 0 Å². The Balaban J connectivity index is 2.01. The van der Waals surface area contributed by atoms with Gasteiger partial charge in [-0.1, -0.05) is 12.1 Å². The summed E-state index contributed by atoms with van der Waals surface area (Å²) in [4.78, 5) is 0. The molecule has 1 aromatic carbocycles. The summed E-state index contributed by atoms with van der Waals surface area (Å²) in [6.07, 6.45) is 2.18. The van der Waals surface area contributed by atoms with E-state index in [1.807, 2.05) is 6.07 Å². The van der Waals surface area contributed by atoms with E-state index in [2.05, 4.69) is 12.2 Å². The van der Waals surface area contributed by atoms with E-state index in [0.29, 0.717) is 12.1 Å². The molecule has 106 valence electrons. The molecular weight excluding hydrogens is 243 g/mol. The van der Waals surface area contributed by atoms with Crippen LogP contribution < -0.4 is 11.1 Å². The number of nitrogens with two attached hydrogens (primary N) is 1. The van der Waals surface area contributed by atoms with Gasteiger partial charge in [-0.2, -0.15) is 0 Å². The molecule has 1 saturated heterocycles. The van der Waals surface area contributed by atoms with Crippen molar-refractivity contribution in [3.05, 3.63) is 35.1 Å². The van der Waals surface area contributed by atoms with Gasteiger partial charge < -0.3 is 15.8 Å². The van der Waals surface area contributed by atoms with Gasteiger partial charge in [0.2, 0.25) is 0 Å². The van der Waals surface area contributed by atoms with Gasteiger partial charge in [0, 0.05) is 25.7 Å². The molecule has 19 heavy (non-hydrogen) atoms. The zero-order chi connectivity index (χ0) is 13.9. The van der Waals surface area contributed by atoms with Crippen molar-refractivity contribution in [3.8, 4) is 0 Å². The summed E-state index contributed by atoms with van der Waals surface area (Å²) in [5, 5.41) is 3.44. The standard InChI is InChI=1S/C15H23FN2O/c1-11-8-12(4-5-13(11)16)14(9-17)18-10-15(2)6-3-7-19-15/h4-5,8,14,18H,3,6-7,9-10,17H2,1-2H3. The predicted molar refractivity (Wildman–Crippen MR) is 74.5 cm³/mol. The van der Waals surface area contributed by atoms with Crippen LogP contribution in [0.4, 0.5) is 4.39 Å². The van der Waals surface area contributed by atoms with Crippen molar-refractivity contribution in [1.82, 2.24) is 5.32 Å². The normalized spacial score (nSPS) is 24.6. The minimum Gasteiger partial charge on any atom is -0.374 e. The summed E-state index contributed by atoms with van der Waals surface area (Å²) in [5.41, 5.74) is 7.41. The number of hydrogen-bond donors (Lipinski definition) is 2. The Morgan fingerprint density at radius 1 is 1.53 bits per heavy atom. The molecular formula is C15H23FN2O. The molecule has 2 unspecified atom stereocenters. The molecule has 1 aliphatic rings. The Morgan fingerprint density at radius 3 is 2.89 bits per heavy atom. The molecule has 0 bridgehead atoms. The molecule has 0 aromatic heterocycles. The molecule has 3 nitrogen and oxygen atoms in total. The smallest absolute Gasteiger partial charge is 0.126 e. The lowest BCUT2D eigenvalue weighted by molar-refractivity contribution is 0.0189. The van der Waals surface area contributed by atoms with E-state index in [-0.39, 0.29) is 17.5 Å². The van der Waals surface area contributed by atoms with Gasteiger partial charge in [-0.15, -0.1) is 0 Å². The first-order chi connectivity index (χ1) is 9.04. The zero-order valence-electron chi connectivity index (χ0n) is 11.7. The molecule has 1 fully saturated rings. The quantitative estimate of drug-likeness (QED) is 0.859. The van der Waals surface area contributed by atoms with Gasteiger partial charge in [0.1, 0.15) is 5.82 Å². The van der Waals surface area contributed by atoms with Crippen molar-refractivity contribution >= 4 is 0 Å². The molecule has 0 amide bonds. The maximum atomic E-state index is 13.3. The average Bonchev–Trinajstić information content (AvgIpc) is 2.81. The Morgan fingerprint density at radius 2 is 2.32 bits per heavy atom. The van der Waals surface area contributed by atoms with Crippen molar-refractivity contribution in [3.63, 3.8) is 0 Å². The SMILES string of the molecule is Cc1cc(C(CN)NCC2(C)CCCO2)ccc1F. The first-order valence-corrected chi connectivity index (χ1v) is 6.87. The number of nitrogens with one attached hydrogen (secondary N) is 1. The molecule has 0 radical (unpaired) electrons. The van der Waals surface area contributed by atoms with Crippen molar-refractivity contribution < 1.29 is 9.13 Å². The lowest BCUT2D eigenvalue weighted by atomic mass is 10.00. The third-order valence-corrected chi connectivity index (χ3v) is 3.84. The van der Waals surface area contributed by atoms with Crippen LogP contribution in [0.25, 0.3) is 0 Å². The molecule has 1 aliphatic heterocycles. The lowest BCUT2D eigenvalue weighted by Crippen LogP contribution is -2.41. The minimum atomic E-state index is -0.175. The van der Waals surface area contributed by atoms with Gasteiger partial charge in [-0.3, -0.25) is 0 Å². The first kappa shape index (κ1) is 14.4. The van der Waals surface area contributed by atoms with E-state index >= 15 is 0 Å². The second kappa shape index (κ2) is 5.99. The monoisotopic (exact) mass is 266 g/mol. The average molecular weight is 266 g/mol. The highest BCUT2D eigenvalue weighted by Gasteiger charge is 2.30. The molecule has 1 aromatic rings. The maximum Gasteiger partial charge on any atom is 0.126 e. The number of halogens is 1. The fourth-order valence-electron chi connectivity index (χ4n) is 2.54. The first-order valence-electron chi connectivity index (χ1n) is 6.87. The van der Waals surface area contributed by atoms with Crippen LogP contribution in [0, 0.1) is 12.7 Å². The van der Waals surface area contributed by atoms with Crippen molar-refractivity contribution in [2.75, 3.05) is 19.7 Å². The Kier molecular flexibility index (Phi) is 4.55. The molecule has 4 heteroatoms. The summed E-state index contributed by atoms with van der Waals surface area (Å²) >= 11 is 0. The zero-order valence-corrected chi connectivity index (χ0v) is 11.7. The molecule has 2 atom stereocenters. The second-order valence-corrected chi connectivity index (χ2v) is 5.58. The van der Waals surface area contributed by atoms with Gasteiger partial charge in [0.25, 0.3) is 0 Å². The molecule has 0 saturated carbocycles. The van der Waals surface area contributed by atoms with Gasteiger partial charge >= 0.3 is 0 Å². The van der Waals surface area contributed by atoms with Crippen molar-refractivity contribution in [2.45, 2.75) is 38.3 Å². The molecule has 1 heterocycles. The molecule has 0 aliphatic carbocycles. The van der Waals surface area contributed by atoms with E-state index in [4.69, 9.17) is 10.5 Å². The van der Waals surface area contributed by atoms with Gasteiger partial charge in [-0.25, -0.2) is 4.39 Å². The third-order valence-electron chi connectivity index (χ3n) is 3.84. The van der Waals surface area contributed by atoms with Crippen LogP contribution >= 0.6 is 0 Å². The maximum absolute atomic E-state index is 13.3. The molecule has 0 spiro atoms. The summed E-state index contributed by atoms with van der Waals surface area (Å²) in [6.45, 7) is 5.98. The topological polar surface area (TPSA) is 47.3 Å². The van der Waals surface area contributed by atoms with Gasteiger partial charge in [0.05, 0.1) is 5.60 Å². The molecule has 3 N–H and O–H groups in total. The highest BCUT2D eigenvalue weighted by atomic mass is 19.1. The third kappa shape index (κ3) is 3.53. The number of hydrogen-bond acceptors (Lipinski definition) is 3. The number of benzene rings is 1. The Labute approximate surface area is 114 Å². The highest BCUT2D eigenvalue weighted by Crippen LogP contribution is 2.25. The number of rotatable bonds is 5. The second-order valence-electron chi connectivity index (χ2n) is 5.58. The molecule has 2 rings (SSSR count). The van der Waals surface area contributed by atoms with E-state index in [9.17, 15) is 4.39 Å². The van der Waals surface area contributed by atoms with Gasteiger partial charge in [-0.05, 0) is 43.9 Å². The van der Waals surface area contributed by atoms with Crippen LogP contribution in [0.1, 0.15) is 36.9 Å². The predicted octanol–water partition coefficient (Wildman–Crippen LogP) is 2.29. The fraction of sp³-hybridized carbons (Fsp3) is 0.600. The summed E-state index contributed by atoms with van der Waals surface area (Å²) in [6, 6.07) is 5.20. The highest BCUT2D eigenvalue weighted by molar-refractivity contribution is 5.26. The van der Waals surface area contributed by atoms with E-state index in [1.54, 1.807) is 13.0 Å². The number of ether oxygens (including phenoxy) is 1. The number of aryl methyl sites for hydroxylation is 1. The lowest BCUT2D eigenvalue weighted by Gasteiger charge is -2.27. The van der Waals surface area contributed by atoms with Gasteiger partial charge in [0.15, 0.2) is 0 Å². The van der Waals surface area contributed by atoms with E-state index in [0.717, 1.165) is 31.6 Å². The Hall–Kier alpha value is -0.970. The van der Waals surface area contributed by atoms with Crippen LogP contribution in [0.5, 0.6) is 0 Å².